The molecule has 7 heteroatoms. The first-order valence-corrected chi connectivity index (χ1v) is 7.73. The molecule has 0 radical (unpaired) electrons. The lowest BCUT2D eigenvalue weighted by atomic mass is 9.83. The zero-order valence-electron chi connectivity index (χ0n) is 11.2. The van der Waals surface area contributed by atoms with Crippen molar-refractivity contribution in [2.45, 2.75) is 37.2 Å². The van der Waals surface area contributed by atoms with Gasteiger partial charge in [-0.3, -0.25) is 4.79 Å². The van der Waals surface area contributed by atoms with Gasteiger partial charge in [0.2, 0.25) is 5.91 Å². The summed E-state index contributed by atoms with van der Waals surface area (Å²) in [5.41, 5.74) is 0.133. The summed E-state index contributed by atoms with van der Waals surface area (Å²) in [6.07, 6.45) is 0.847. The number of carbonyl (C=O) groups excluding carboxylic acids is 1. The summed E-state index contributed by atoms with van der Waals surface area (Å²) < 4.78 is 0. The summed E-state index contributed by atoms with van der Waals surface area (Å²) in [7, 11) is 0. The van der Waals surface area contributed by atoms with Crippen molar-refractivity contribution in [1.29, 1.82) is 0 Å². The van der Waals surface area contributed by atoms with Gasteiger partial charge in [0.05, 0.1) is 18.1 Å². The molecule has 0 aromatic rings. The highest BCUT2D eigenvalue weighted by atomic mass is 32.2. The Morgan fingerprint density at radius 2 is 2.30 bits per heavy atom. The smallest absolute Gasteiger partial charge is 0.353 e. The van der Waals surface area contributed by atoms with Crippen molar-refractivity contribution >= 4 is 23.6 Å². The summed E-state index contributed by atoms with van der Waals surface area (Å²) in [5, 5.41) is 22.7. The van der Waals surface area contributed by atoms with Gasteiger partial charge in [0.1, 0.15) is 5.70 Å². The maximum atomic E-state index is 12.0. The van der Waals surface area contributed by atoms with E-state index in [1.165, 1.54) is 4.90 Å². The van der Waals surface area contributed by atoms with Crippen LogP contribution in [0.1, 0.15) is 19.8 Å². The maximum Gasteiger partial charge on any atom is 0.353 e. The largest absolute Gasteiger partial charge is 0.477 e. The molecular formula is C13H18N2O4S. The molecule has 3 rings (SSSR count). The predicted molar refractivity (Wildman–Crippen MR) is 73.9 cm³/mol. The number of hydrogen-bond acceptors (Lipinski definition) is 5. The Labute approximate surface area is 121 Å². The maximum absolute atomic E-state index is 12.0. The molecule has 0 aromatic carbocycles. The van der Waals surface area contributed by atoms with Crippen LogP contribution in [0.2, 0.25) is 0 Å². The topological polar surface area (TPSA) is 89.9 Å². The van der Waals surface area contributed by atoms with E-state index < -0.39 is 18.0 Å². The van der Waals surface area contributed by atoms with Crippen molar-refractivity contribution in [3.63, 3.8) is 0 Å². The van der Waals surface area contributed by atoms with E-state index in [4.69, 9.17) is 0 Å². The fourth-order valence-corrected chi connectivity index (χ4v) is 4.67. The lowest BCUT2D eigenvalue weighted by Gasteiger charge is -2.44. The first kappa shape index (κ1) is 13.9. The summed E-state index contributed by atoms with van der Waals surface area (Å²) >= 11 is 1.58. The SMILES string of the molecule is C[C@@H](O)[C@H]1C(=O)N2C(C(=O)O)=C(S[C@H]3CCNC3)C[C@H]12. The molecule has 4 atom stereocenters. The van der Waals surface area contributed by atoms with Crippen molar-refractivity contribution < 1.29 is 19.8 Å². The van der Waals surface area contributed by atoms with Crippen molar-refractivity contribution in [2.24, 2.45) is 5.92 Å². The van der Waals surface area contributed by atoms with Crippen LogP contribution in [0.15, 0.2) is 10.6 Å². The molecule has 0 bridgehead atoms. The average Bonchev–Trinajstić information content (AvgIpc) is 2.95. The summed E-state index contributed by atoms with van der Waals surface area (Å²) in [6, 6.07) is -0.175. The third-order valence-corrected chi connectivity index (χ3v) is 5.59. The highest BCUT2D eigenvalue weighted by Crippen LogP contribution is 2.48. The normalized spacial score (nSPS) is 34.2. The van der Waals surface area contributed by atoms with Gasteiger partial charge in [0.15, 0.2) is 0 Å². The van der Waals surface area contributed by atoms with Gasteiger partial charge >= 0.3 is 5.97 Å². The zero-order chi connectivity index (χ0) is 14.4. The molecule has 3 N–H and O–H groups in total. The number of carboxylic acid groups (broad SMARTS) is 1. The van der Waals surface area contributed by atoms with E-state index in [0.717, 1.165) is 24.4 Å². The van der Waals surface area contributed by atoms with Crippen LogP contribution in [0.5, 0.6) is 0 Å². The fraction of sp³-hybridized carbons (Fsp3) is 0.692. The van der Waals surface area contributed by atoms with E-state index >= 15 is 0 Å². The van der Waals surface area contributed by atoms with E-state index in [0.29, 0.717) is 11.7 Å². The van der Waals surface area contributed by atoms with Gasteiger partial charge in [-0.1, -0.05) is 0 Å². The van der Waals surface area contributed by atoms with Gasteiger partial charge < -0.3 is 20.4 Å². The molecule has 1 amide bonds. The molecule has 3 aliphatic rings. The van der Waals surface area contributed by atoms with Crippen LogP contribution in [0, 0.1) is 5.92 Å². The Morgan fingerprint density at radius 3 is 2.85 bits per heavy atom. The lowest BCUT2D eigenvalue weighted by molar-refractivity contribution is -0.161. The lowest BCUT2D eigenvalue weighted by Crippen LogP contribution is -2.61. The minimum atomic E-state index is -1.04. The minimum Gasteiger partial charge on any atom is -0.477 e. The highest BCUT2D eigenvalue weighted by Gasteiger charge is 2.56. The molecule has 6 nitrogen and oxygen atoms in total. The predicted octanol–water partition coefficient (Wildman–Crippen LogP) is -0.0108. The standard InChI is InChI=1S/C13H18N2O4S/c1-6(16)10-8-4-9(20-7-2-3-14-5-7)11(13(18)19)15(8)12(10)17/h6-8,10,14,16H,2-5H2,1H3,(H,18,19)/t6-,7+,8-,10-/m1/s1. The van der Waals surface area contributed by atoms with Gasteiger partial charge in [0, 0.05) is 23.1 Å². The number of thioether (sulfide) groups is 1. The summed E-state index contributed by atoms with van der Waals surface area (Å²) in [5.74, 6) is -1.76. The van der Waals surface area contributed by atoms with Crippen LogP contribution in [0.3, 0.4) is 0 Å². The number of amides is 1. The van der Waals surface area contributed by atoms with Crippen molar-refractivity contribution in [1.82, 2.24) is 10.2 Å². The number of fused-ring (bicyclic) bond motifs is 1. The molecule has 0 aliphatic carbocycles. The Kier molecular flexibility index (Phi) is 3.51. The van der Waals surface area contributed by atoms with E-state index in [1.807, 2.05) is 0 Å². The minimum absolute atomic E-state index is 0.133. The Balaban J connectivity index is 1.81. The molecule has 0 saturated carbocycles. The van der Waals surface area contributed by atoms with Crippen LogP contribution in [0.25, 0.3) is 0 Å². The Hall–Kier alpha value is -1.05. The zero-order valence-corrected chi connectivity index (χ0v) is 12.0. The number of nitrogens with one attached hydrogen (secondary N) is 1. The third-order valence-electron chi connectivity index (χ3n) is 4.21. The van der Waals surface area contributed by atoms with E-state index in [1.54, 1.807) is 18.7 Å². The van der Waals surface area contributed by atoms with Crippen LogP contribution in [-0.4, -0.2) is 57.5 Å². The number of aliphatic hydroxyl groups is 1. The molecule has 0 aromatic heterocycles. The molecule has 110 valence electrons. The van der Waals surface area contributed by atoms with Crippen LogP contribution >= 0.6 is 11.8 Å². The average molecular weight is 298 g/mol. The first-order chi connectivity index (χ1) is 9.50. The Bertz CT molecular complexity index is 485. The van der Waals surface area contributed by atoms with E-state index in [2.05, 4.69) is 5.32 Å². The molecule has 3 aliphatic heterocycles. The number of β-lactam (4-membered cyclic amide) rings is 1. The molecular weight excluding hydrogens is 280 g/mol. The molecule has 0 spiro atoms. The van der Waals surface area contributed by atoms with Crippen molar-refractivity contribution in [2.75, 3.05) is 13.1 Å². The van der Waals surface area contributed by atoms with Crippen molar-refractivity contribution in [3.05, 3.63) is 10.6 Å². The number of aliphatic carboxylic acids is 1. The number of nitrogens with zero attached hydrogens (tertiary/aromatic N) is 1. The molecule has 2 fully saturated rings. The number of rotatable bonds is 4. The van der Waals surface area contributed by atoms with Gasteiger partial charge in [-0.15, -0.1) is 11.8 Å². The van der Waals surface area contributed by atoms with E-state index in [-0.39, 0.29) is 17.6 Å². The molecule has 3 heterocycles. The van der Waals surface area contributed by atoms with E-state index in [9.17, 15) is 19.8 Å². The monoisotopic (exact) mass is 298 g/mol. The number of carbonyl (C=O) groups is 2. The highest BCUT2D eigenvalue weighted by molar-refractivity contribution is 8.03. The fourth-order valence-electron chi connectivity index (χ4n) is 3.27. The van der Waals surface area contributed by atoms with Gasteiger partial charge in [-0.05, 0) is 19.9 Å². The van der Waals surface area contributed by atoms with Gasteiger partial charge in [-0.2, -0.15) is 0 Å². The molecule has 20 heavy (non-hydrogen) atoms. The summed E-state index contributed by atoms with van der Waals surface area (Å²) in [4.78, 5) is 25.6. The number of aliphatic hydroxyl groups excluding tert-OH is 1. The quantitative estimate of drug-likeness (QED) is 0.633. The Morgan fingerprint density at radius 1 is 1.55 bits per heavy atom. The number of carboxylic acids is 1. The van der Waals surface area contributed by atoms with Crippen LogP contribution in [0.4, 0.5) is 0 Å². The van der Waals surface area contributed by atoms with Crippen LogP contribution in [-0.2, 0) is 9.59 Å². The summed E-state index contributed by atoms with van der Waals surface area (Å²) in [6.45, 7) is 3.42. The third kappa shape index (κ3) is 2.04. The molecule has 0 unspecified atom stereocenters. The second-order valence-electron chi connectivity index (χ2n) is 5.56. The number of hydrogen-bond donors (Lipinski definition) is 3. The van der Waals surface area contributed by atoms with Crippen LogP contribution < -0.4 is 5.32 Å². The van der Waals surface area contributed by atoms with Crippen molar-refractivity contribution in [3.8, 4) is 0 Å². The van der Waals surface area contributed by atoms with Gasteiger partial charge in [0.25, 0.3) is 0 Å². The second kappa shape index (κ2) is 5.05. The first-order valence-electron chi connectivity index (χ1n) is 6.85. The van der Waals surface area contributed by atoms with Gasteiger partial charge in [-0.25, -0.2) is 4.79 Å². The second-order valence-corrected chi connectivity index (χ2v) is 6.95. The molecule has 2 saturated heterocycles.